The quantitative estimate of drug-likeness (QED) is 0.294. The number of aliphatic hydroxyl groups is 2. The summed E-state index contributed by atoms with van der Waals surface area (Å²) in [6.07, 6.45) is -3.55. The predicted molar refractivity (Wildman–Crippen MR) is 88.8 cm³/mol. The Morgan fingerprint density at radius 3 is 2.42 bits per heavy atom. The number of rotatable bonds is 8. The van der Waals surface area contributed by atoms with Gasteiger partial charge in [-0.15, -0.1) is 0 Å². The van der Waals surface area contributed by atoms with E-state index in [-0.39, 0.29) is 11.5 Å². The Morgan fingerprint density at radius 2 is 1.77 bits per heavy atom. The Bertz CT molecular complexity index is 1100. The van der Waals surface area contributed by atoms with Crippen LogP contribution >= 0.6 is 23.5 Å². The molecule has 174 valence electrons. The topological polar surface area (TPSA) is 278 Å². The number of anilines is 1. The highest BCUT2D eigenvalue weighted by Crippen LogP contribution is 2.60. The molecule has 6 atom stereocenters. The van der Waals surface area contributed by atoms with Crippen molar-refractivity contribution in [2.24, 2.45) is 0 Å². The smallest absolute Gasteiger partial charge is 0.278 e. The first-order chi connectivity index (χ1) is 14.2. The molecule has 1 saturated heterocycles. The summed E-state index contributed by atoms with van der Waals surface area (Å²) in [7, 11) is -18.0. The Labute approximate surface area is 172 Å². The van der Waals surface area contributed by atoms with Crippen molar-refractivity contribution in [1.29, 1.82) is 0 Å². The summed E-state index contributed by atoms with van der Waals surface area (Å²) in [5.41, 5.74) is 5.94. The van der Waals surface area contributed by atoms with Crippen LogP contribution in [-0.4, -0.2) is 49.7 Å². The molecule has 0 spiro atoms. The van der Waals surface area contributed by atoms with Crippen LogP contribution < -0.4 is 25.3 Å². The Morgan fingerprint density at radius 1 is 1.10 bits per heavy atom. The molecule has 4 N–H and O–H groups in total. The van der Waals surface area contributed by atoms with Gasteiger partial charge >= 0.3 is 0 Å². The van der Waals surface area contributed by atoms with E-state index in [1.54, 1.807) is 0 Å². The molecule has 0 bridgehead atoms. The van der Waals surface area contributed by atoms with E-state index < -0.39 is 54.6 Å². The number of ether oxygens (including phenoxy) is 1. The summed E-state index contributed by atoms with van der Waals surface area (Å²) in [6, 6.07) is 1.51. The van der Waals surface area contributed by atoms with Crippen LogP contribution in [0, 0.1) is 0 Å². The fourth-order valence-corrected chi connectivity index (χ4v) is 5.61. The van der Waals surface area contributed by atoms with Crippen molar-refractivity contribution < 1.29 is 61.4 Å². The number of nitrogens with zero attached hydrogens (tertiary/aromatic N) is 3. The fourth-order valence-electron chi connectivity index (χ4n) is 2.74. The molecule has 0 amide bonds. The number of fused-ring (bicyclic) bond motifs is 1. The minimum Gasteiger partial charge on any atom is -0.790 e. The Kier molecular flexibility index (Phi) is 6.73. The molecule has 31 heavy (non-hydrogen) atoms. The number of nitrogens with two attached hydrogens (primary N) is 1. The van der Waals surface area contributed by atoms with Crippen LogP contribution in [-0.2, 0) is 31.6 Å². The van der Waals surface area contributed by atoms with Gasteiger partial charge in [0.05, 0.1) is 19.8 Å². The molecule has 0 aromatic carbocycles. The maximum atomic E-state index is 11.6. The van der Waals surface area contributed by atoms with Crippen molar-refractivity contribution in [3.8, 4) is 0 Å². The van der Waals surface area contributed by atoms with E-state index in [1.165, 1.54) is 16.8 Å². The highest BCUT2D eigenvalue weighted by molar-refractivity contribution is 7.64. The first-order valence-corrected chi connectivity index (χ1v) is 12.4. The molecule has 3 heterocycles. The second kappa shape index (κ2) is 8.57. The second-order valence-corrected chi connectivity index (χ2v) is 10.3. The lowest BCUT2D eigenvalue weighted by molar-refractivity contribution is -0.339. The van der Waals surface area contributed by atoms with Gasteiger partial charge < -0.3 is 53.9 Å². The van der Waals surface area contributed by atoms with Crippen LogP contribution in [0.3, 0.4) is 0 Å². The molecule has 3 rings (SSSR count). The van der Waals surface area contributed by atoms with Crippen LogP contribution in [0.2, 0.25) is 0 Å². The number of phosphoric acid groups is 3. The van der Waals surface area contributed by atoms with E-state index in [0.717, 1.165) is 6.33 Å². The molecule has 2 aromatic rings. The third-order valence-electron chi connectivity index (χ3n) is 3.95. The molecule has 0 aliphatic carbocycles. The van der Waals surface area contributed by atoms with E-state index in [1.807, 2.05) is 0 Å². The third kappa shape index (κ3) is 5.74. The SMILES string of the molecule is Nc1ncnc2c1ccn2C1OC(COP(=O)([O-])OP(=O)([O-])OP(=O)([O-])[O-])C(O)C1O. The maximum Gasteiger partial charge on any atom is 0.278 e. The van der Waals surface area contributed by atoms with Crippen LogP contribution in [0.15, 0.2) is 18.6 Å². The van der Waals surface area contributed by atoms with Crippen molar-refractivity contribution in [2.45, 2.75) is 24.5 Å². The van der Waals surface area contributed by atoms with Gasteiger partial charge in [-0.2, -0.15) is 0 Å². The lowest BCUT2D eigenvalue weighted by atomic mass is 10.1. The van der Waals surface area contributed by atoms with Crippen LogP contribution in [0.5, 0.6) is 0 Å². The van der Waals surface area contributed by atoms with Crippen molar-refractivity contribution in [3.63, 3.8) is 0 Å². The molecule has 1 aliphatic heterocycles. The van der Waals surface area contributed by atoms with Gasteiger partial charge in [-0.3, -0.25) is 13.4 Å². The number of nitrogen functional groups attached to an aromatic ring is 1. The molecule has 6 unspecified atom stereocenters. The Balaban J connectivity index is 1.69. The minimum absolute atomic E-state index is 0.131. The molecular formula is C11H13N4O13P3-4. The fraction of sp³-hybridized carbons (Fsp3) is 0.455. The molecule has 0 radical (unpaired) electrons. The van der Waals surface area contributed by atoms with Gasteiger partial charge in [0.1, 0.15) is 36.1 Å². The monoisotopic (exact) mass is 502 g/mol. The number of phosphoric ester groups is 1. The van der Waals surface area contributed by atoms with Crippen LogP contribution in [0.25, 0.3) is 11.0 Å². The number of aromatic nitrogens is 3. The summed E-state index contributed by atoms with van der Waals surface area (Å²) in [6.45, 7) is -1.06. The molecule has 17 nitrogen and oxygen atoms in total. The zero-order chi connectivity index (χ0) is 23.2. The van der Waals surface area contributed by atoms with Crippen molar-refractivity contribution >= 4 is 40.3 Å². The molecule has 1 aliphatic rings. The predicted octanol–water partition coefficient (Wildman–Crippen LogP) is -3.55. The van der Waals surface area contributed by atoms with Gasteiger partial charge in [0, 0.05) is 6.20 Å². The summed E-state index contributed by atoms with van der Waals surface area (Å²) in [5, 5.41) is 20.8. The number of aliphatic hydroxyl groups excluding tert-OH is 2. The van der Waals surface area contributed by atoms with Gasteiger partial charge in [-0.05, 0) is 6.07 Å². The van der Waals surface area contributed by atoms with E-state index >= 15 is 0 Å². The first kappa shape index (κ1) is 24.4. The number of hydrogen-bond donors (Lipinski definition) is 3. The maximum absolute atomic E-state index is 11.6. The van der Waals surface area contributed by atoms with Gasteiger partial charge in [-0.1, -0.05) is 0 Å². The van der Waals surface area contributed by atoms with E-state index in [4.69, 9.17) is 10.5 Å². The summed E-state index contributed by atoms with van der Waals surface area (Å²) >= 11 is 0. The van der Waals surface area contributed by atoms with Gasteiger partial charge in [0.2, 0.25) is 0 Å². The average molecular weight is 502 g/mol. The summed E-state index contributed by atoms with van der Waals surface area (Å²) < 4.78 is 50.4. The van der Waals surface area contributed by atoms with Crippen molar-refractivity contribution in [2.75, 3.05) is 12.3 Å². The average Bonchev–Trinajstić information content (AvgIpc) is 3.13. The molecule has 20 heteroatoms. The first-order valence-electron chi connectivity index (χ1n) is 7.99. The lowest BCUT2D eigenvalue weighted by Crippen LogP contribution is -2.34. The van der Waals surface area contributed by atoms with Crippen LogP contribution in [0.1, 0.15) is 6.23 Å². The molecular weight excluding hydrogens is 489 g/mol. The van der Waals surface area contributed by atoms with Crippen molar-refractivity contribution in [3.05, 3.63) is 18.6 Å². The normalized spacial score (nSPS) is 28.5. The Hall–Kier alpha value is -1.29. The zero-order valence-electron chi connectivity index (χ0n) is 14.9. The van der Waals surface area contributed by atoms with Crippen molar-refractivity contribution in [1.82, 2.24) is 14.5 Å². The standard InChI is InChI=1S/C11H17N4O13P3/c12-9-5-1-2-15(10(5)14-4-13-9)11-8(17)7(16)6(26-11)3-25-30(21,22)28-31(23,24)27-29(18,19)20/h1-2,4,6-8,11,16-17H,3H2,(H,21,22)(H,23,24)(H2,12,13,14)(H2,18,19,20)/p-4. The van der Waals surface area contributed by atoms with Gasteiger partial charge in [0.25, 0.3) is 15.6 Å². The minimum atomic E-state index is -6.13. The largest absolute Gasteiger partial charge is 0.790 e. The second-order valence-electron chi connectivity index (χ2n) is 6.07. The molecule has 0 saturated carbocycles. The van der Waals surface area contributed by atoms with E-state index in [9.17, 15) is 43.5 Å². The number of hydrogen-bond acceptors (Lipinski definition) is 16. The highest BCUT2D eigenvalue weighted by Gasteiger charge is 2.44. The van der Waals surface area contributed by atoms with Gasteiger partial charge in [-0.25, -0.2) is 14.3 Å². The van der Waals surface area contributed by atoms with E-state index in [2.05, 4.69) is 23.1 Å². The summed E-state index contributed by atoms with van der Waals surface area (Å²) in [4.78, 5) is 51.1. The summed E-state index contributed by atoms with van der Waals surface area (Å²) in [5.74, 6) is 0.131. The van der Waals surface area contributed by atoms with Crippen LogP contribution in [0.4, 0.5) is 5.82 Å². The zero-order valence-corrected chi connectivity index (χ0v) is 17.6. The van der Waals surface area contributed by atoms with E-state index in [0.29, 0.717) is 5.39 Å². The molecule has 1 fully saturated rings. The third-order valence-corrected chi connectivity index (χ3v) is 7.61. The highest BCUT2D eigenvalue weighted by atomic mass is 31.3. The lowest BCUT2D eigenvalue weighted by Gasteiger charge is -2.37. The molecule has 2 aromatic heterocycles. The van der Waals surface area contributed by atoms with Gasteiger partial charge in [0.15, 0.2) is 6.23 Å².